The summed E-state index contributed by atoms with van der Waals surface area (Å²) >= 11 is 1.47. The highest BCUT2D eigenvalue weighted by Crippen LogP contribution is 2.48. The summed E-state index contributed by atoms with van der Waals surface area (Å²) in [5, 5.41) is 5.34. The molecular formula is C25H24N2O3S2. The number of thiophene rings is 1. The monoisotopic (exact) mass is 464 g/mol. The molecule has 0 saturated heterocycles. The lowest BCUT2D eigenvalue weighted by Gasteiger charge is -2.33. The highest BCUT2D eigenvalue weighted by Gasteiger charge is 2.43. The van der Waals surface area contributed by atoms with Crippen molar-refractivity contribution in [2.75, 3.05) is 9.62 Å². The van der Waals surface area contributed by atoms with Crippen LogP contribution in [-0.2, 0) is 14.8 Å². The molecule has 0 spiro atoms. The molecule has 2 heterocycles. The number of nitrogens with zero attached hydrogens (tertiary/aromatic N) is 1. The summed E-state index contributed by atoms with van der Waals surface area (Å²) < 4.78 is 29.9. The summed E-state index contributed by atoms with van der Waals surface area (Å²) in [5.74, 6) is 0.00485. The summed E-state index contributed by atoms with van der Waals surface area (Å²) in [6, 6.07) is 15.7. The van der Waals surface area contributed by atoms with Crippen LogP contribution in [0.4, 0.5) is 11.4 Å². The van der Waals surface area contributed by atoms with Gasteiger partial charge in [-0.2, -0.15) is 0 Å². The molecule has 2 aromatic carbocycles. The molecule has 0 fully saturated rings. The van der Waals surface area contributed by atoms with Gasteiger partial charge in [-0.1, -0.05) is 24.3 Å². The molecule has 1 aliphatic carbocycles. The molecule has 0 bridgehead atoms. The van der Waals surface area contributed by atoms with Crippen molar-refractivity contribution >= 4 is 38.5 Å². The van der Waals surface area contributed by atoms with Crippen LogP contribution in [0.2, 0.25) is 0 Å². The van der Waals surface area contributed by atoms with Gasteiger partial charge in [0, 0.05) is 22.6 Å². The minimum atomic E-state index is -3.97. The molecule has 7 heteroatoms. The zero-order valence-electron chi connectivity index (χ0n) is 18.0. The summed E-state index contributed by atoms with van der Waals surface area (Å²) in [5.41, 5.74) is 4.57. The van der Waals surface area contributed by atoms with Gasteiger partial charge in [0.25, 0.3) is 10.0 Å². The summed E-state index contributed by atoms with van der Waals surface area (Å²) in [4.78, 5) is 14.3. The van der Waals surface area contributed by atoms with Crippen LogP contribution in [-0.4, -0.2) is 14.2 Å². The van der Waals surface area contributed by atoms with Crippen molar-refractivity contribution in [3.8, 4) is 0 Å². The average Bonchev–Trinajstić information content (AvgIpc) is 3.24. The Morgan fingerprint density at radius 2 is 1.81 bits per heavy atom. The summed E-state index contributed by atoms with van der Waals surface area (Å²) in [7, 11) is -3.97. The number of carbonyl (C=O) groups is 1. The van der Waals surface area contributed by atoms with E-state index in [2.05, 4.69) is 5.32 Å². The number of allylic oxidation sites excluding steroid dienone is 1. The molecule has 2 aliphatic rings. The SMILES string of the molecule is Cc1ccc(S(=O)(=O)N2c3ccccc3NC3=C(C(=O)CCC3)[C@@H]2c2cccs2)cc1C. The third-order valence-corrected chi connectivity index (χ3v) is 8.94. The Balaban J connectivity index is 1.82. The average molecular weight is 465 g/mol. The first-order valence-electron chi connectivity index (χ1n) is 10.7. The standard InChI is InChI=1S/C25H24N2O3S2/c1-16-12-13-18(15-17(16)2)32(29,30)27-21-9-4-3-7-19(21)26-20-8-5-10-22(28)24(20)25(27)23-11-6-14-31-23/h3-4,6-7,9,11-15,25-26H,5,8,10H2,1-2H3/t25-/m0/s1. The fourth-order valence-electron chi connectivity index (χ4n) is 4.46. The smallest absolute Gasteiger partial charge is 0.265 e. The number of hydrogen-bond donors (Lipinski definition) is 1. The maximum Gasteiger partial charge on any atom is 0.265 e. The maximum absolute atomic E-state index is 14.2. The van der Waals surface area contributed by atoms with Crippen molar-refractivity contribution in [2.45, 2.75) is 44.0 Å². The number of sulfonamides is 1. The number of hydrogen-bond acceptors (Lipinski definition) is 5. The number of rotatable bonds is 3. The van der Waals surface area contributed by atoms with E-state index in [4.69, 9.17) is 0 Å². The van der Waals surface area contributed by atoms with Crippen LogP contribution in [0.1, 0.15) is 41.3 Å². The number of nitrogens with one attached hydrogen (secondary N) is 1. The number of anilines is 2. The van der Waals surface area contributed by atoms with E-state index in [9.17, 15) is 13.2 Å². The van der Waals surface area contributed by atoms with Crippen molar-refractivity contribution < 1.29 is 13.2 Å². The van der Waals surface area contributed by atoms with Crippen molar-refractivity contribution in [3.05, 3.63) is 87.3 Å². The molecule has 1 aromatic heterocycles. The third-order valence-electron chi connectivity index (χ3n) is 6.24. The minimum absolute atomic E-state index is 0.00485. The Hall–Kier alpha value is -2.90. The van der Waals surface area contributed by atoms with Crippen LogP contribution in [0, 0.1) is 13.8 Å². The van der Waals surface area contributed by atoms with E-state index in [0.717, 1.165) is 34.5 Å². The molecule has 0 amide bonds. The van der Waals surface area contributed by atoms with Crippen LogP contribution >= 0.6 is 11.3 Å². The lowest BCUT2D eigenvalue weighted by atomic mass is 9.89. The topological polar surface area (TPSA) is 66.5 Å². The molecule has 3 aromatic rings. The number of benzene rings is 2. The number of para-hydroxylation sites is 2. The van der Waals surface area contributed by atoms with Gasteiger partial charge in [0.15, 0.2) is 5.78 Å². The van der Waals surface area contributed by atoms with Gasteiger partial charge in [0.05, 0.1) is 16.3 Å². The first-order chi connectivity index (χ1) is 15.4. The van der Waals surface area contributed by atoms with E-state index < -0.39 is 16.1 Å². The first kappa shape index (κ1) is 21.0. The van der Waals surface area contributed by atoms with Gasteiger partial charge in [-0.25, -0.2) is 8.42 Å². The van der Waals surface area contributed by atoms with Gasteiger partial charge in [0.1, 0.15) is 6.04 Å². The molecule has 5 rings (SSSR count). The molecule has 0 radical (unpaired) electrons. The van der Waals surface area contributed by atoms with Gasteiger partial charge in [-0.15, -0.1) is 11.3 Å². The minimum Gasteiger partial charge on any atom is -0.357 e. The fourth-order valence-corrected chi connectivity index (χ4v) is 7.06. The molecule has 5 nitrogen and oxygen atoms in total. The molecule has 1 atom stereocenters. The second-order valence-corrected chi connectivity index (χ2v) is 11.1. The van der Waals surface area contributed by atoms with Crippen molar-refractivity contribution in [1.82, 2.24) is 0 Å². The third kappa shape index (κ3) is 3.36. The summed E-state index contributed by atoms with van der Waals surface area (Å²) in [6.07, 6.45) is 1.90. The molecule has 32 heavy (non-hydrogen) atoms. The lowest BCUT2D eigenvalue weighted by Crippen LogP contribution is -2.37. The quantitative estimate of drug-likeness (QED) is 0.537. The molecule has 0 unspecified atom stereocenters. The number of Topliss-reactive ketones (excluding diaryl/α,β-unsaturated/α-hetero) is 1. The van der Waals surface area contributed by atoms with Gasteiger partial charge in [-0.05, 0) is 73.5 Å². The van der Waals surface area contributed by atoms with E-state index in [1.807, 2.05) is 61.7 Å². The number of aryl methyl sites for hydroxylation is 2. The van der Waals surface area contributed by atoms with Crippen LogP contribution in [0.15, 0.2) is 76.1 Å². The number of ketones is 1. The highest BCUT2D eigenvalue weighted by atomic mass is 32.2. The number of fused-ring (bicyclic) bond motifs is 1. The predicted molar refractivity (Wildman–Crippen MR) is 129 cm³/mol. The van der Waals surface area contributed by atoms with Gasteiger partial charge in [-0.3, -0.25) is 9.10 Å². The molecule has 164 valence electrons. The Bertz CT molecular complexity index is 1340. The van der Waals surface area contributed by atoms with E-state index in [-0.39, 0.29) is 10.7 Å². The van der Waals surface area contributed by atoms with E-state index in [0.29, 0.717) is 23.4 Å². The second kappa shape index (κ2) is 7.90. The molecule has 0 saturated carbocycles. The second-order valence-electron chi connectivity index (χ2n) is 8.28. The summed E-state index contributed by atoms with van der Waals surface area (Å²) in [6.45, 7) is 3.87. The zero-order valence-corrected chi connectivity index (χ0v) is 19.6. The molecular weight excluding hydrogens is 440 g/mol. The van der Waals surface area contributed by atoms with Gasteiger partial charge < -0.3 is 5.32 Å². The predicted octanol–water partition coefficient (Wildman–Crippen LogP) is 5.73. The van der Waals surface area contributed by atoms with Crippen molar-refractivity contribution in [2.24, 2.45) is 0 Å². The van der Waals surface area contributed by atoms with Crippen LogP contribution in [0.25, 0.3) is 0 Å². The highest BCUT2D eigenvalue weighted by molar-refractivity contribution is 7.92. The molecule has 1 aliphatic heterocycles. The Morgan fingerprint density at radius 3 is 2.56 bits per heavy atom. The van der Waals surface area contributed by atoms with E-state index in [1.165, 1.54) is 15.6 Å². The normalized spacial score (nSPS) is 18.6. The zero-order chi connectivity index (χ0) is 22.5. The largest absolute Gasteiger partial charge is 0.357 e. The van der Waals surface area contributed by atoms with Crippen LogP contribution in [0.3, 0.4) is 0 Å². The first-order valence-corrected chi connectivity index (χ1v) is 13.0. The van der Waals surface area contributed by atoms with E-state index >= 15 is 0 Å². The van der Waals surface area contributed by atoms with Crippen molar-refractivity contribution in [1.29, 1.82) is 0 Å². The van der Waals surface area contributed by atoms with E-state index in [1.54, 1.807) is 12.1 Å². The Morgan fingerprint density at radius 1 is 1.00 bits per heavy atom. The van der Waals surface area contributed by atoms with Gasteiger partial charge >= 0.3 is 0 Å². The fraction of sp³-hybridized carbons (Fsp3) is 0.240. The van der Waals surface area contributed by atoms with Crippen LogP contribution in [0.5, 0.6) is 0 Å². The maximum atomic E-state index is 14.2. The lowest BCUT2D eigenvalue weighted by molar-refractivity contribution is -0.116. The number of carbonyl (C=O) groups excluding carboxylic acids is 1. The Labute approximate surface area is 192 Å². The van der Waals surface area contributed by atoms with Gasteiger partial charge in [0.2, 0.25) is 0 Å². The van der Waals surface area contributed by atoms with Crippen LogP contribution < -0.4 is 9.62 Å². The Kier molecular flexibility index (Phi) is 5.18. The van der Waals surface area contributed by atoms with Crippen molar-refractivity contribution in [3.63, 3.8) is 0 Å². The molecule has 1 N–H and O–H groups in total.